The number of rotatable bonds is 10. The number of anilines is 2. The first-order valence-corrected chi connectivity index (χ1v) is 14.9. The van der Waals surface area contributed by atoms with Gasteiger partial charge in [0.2, 0.25) is 0 Å². The van der Waals surface area contributed by atoms with Gasteiger partial charge >= 0.3 is 11.9 Å². The van der Waals surface area contributed by atoms with Gasteiger partial charge in [0.25, 0.3) is 10.0 Å². The molecule has 10 nitrogen and oxygen atoms in total. The van der Waals surface area contributed by atoms with Crippen molar-refractivity contribution in [3.8, 4) is 11.5 Å². The van der Waals surface area contributed by atoms with E-state index in [4.69, 9.17) is 9.47 Å². The molecule has 6 rings (SSSR count). The van der Waals surface area contributed by atoms with Gasteiger partial charge in [0.1, 0.15) is 24.6 Å². The number of aliphatic carboxylic acids is 2. The Kier molecular flexibility index (Phi) is 7.11. The van der Waals surface area contributed by atoms with Gasteiger partial charge in [0.15, 0.2) is 0 Å². The molecule has 0 bridgehead atoms. The lowest BCUT2D eigenvalue weighted by atomic mass is 10.0. The number of ether oxygens (including phenoxy) is 2. The Balaban J connectivity index is 1.44. The molecule has 216 valence electrons. The van der Waals surface area contributed by atoms with Crippen LogP contribution < -0.4 is 18.7 Å². The quantitative estimate of drug-likeness (QED) is 0.281. The van der Waals surface area contributed by atoms with Crippen LogP contribution in [0, 0.1) is 0 Å². The van der Waals surface area contributed by atoms with Gasteiger partial charge in [-0.15, -0.1) is 0 Å². The van der Waals surface area contributed by atoms with Crippen LogP contribution in [0.5, 0.6) is 11.5 Å². The zero-order chi connectivity index (χ0) is 29.4. The number of hydrogen-bond acceptors (Lipinski definition) is 7. The van der Waals surface area contributed by atoms with Crippen molar-refractivity contribution in [3.63, 3.8) is 0 Å². The highest BCUT2D eigenvalue weighted by molar-refractivity contribution is 7.92. The zero-order valence-corrected chi connectivity index (χ0v) is 23.3. The number of carboxylic acids is 2. The SMILES string of the molecule is O=C(O)CN(Cc1ccc2c(c1)CCO2)c1ccc(N(CC(=O)O)S(=O)(=O)c2ccc3c(c2)CCO3)c2ccccc12. The number of sulfonamides is 1. The van der Waals surface area contributed by atoms with Crippen molar-refractivity contribution in [3.05, 3.63) is 89.5 Å². The summed E-state index contributed by atoms with van der Waals surface area (Å²) in [6, 6.07) is 20.5. The molecule has 0 spiro atoms. The topological polar surface area (TPSA) is 134 Å². The molecule has 4 aromatic carbocycles. The molecule has 0 fully saturated rings. The summed E-state index contributed by atoms with van der Waals surface area (Å²) in [5.74, 6) is -0.899. The molecule has 0 amide bonds. The number of fused-ring (bicyclic) bond motifs is 3. The third-order valence-electron chi connectivity index (χ3n) is 7.47. The molecular formula is C31H28N2O8S. The van der Waals surface area contributed by atoms with Crippen molar-refractivity contribution < 1.29 is 37.7 Å². The lowest BCUT2D eigenvalue weighted by molar-refractivity contribution is -0.136. The zero-order valence-electron chi connectivity index (χ0n) is 22.5. The summed E-state index contributed by atoms with van der Waals surface area (Å²) in [5, 5.41) is 20.6. The number of carboxylic acid groups (broad SMARTS) is 2. The first kappa shape index (κ1) is 27.4. The Morgan fingerprint density at radius 2 is 1.33 bits per heavy atom. The van der Waals surface area contributed by atoms with Gasteiger partial charge in [-0.05, 0) is 53.1 Å². The van der Waals surface area contributed by atoms with Crippen molar-refractivity contribution in [1.82, 2.24) is 0 Å². The second-order valence-corrected chi connectivity index (χ2v) is 12.1. The molecule has 0 aliphatic carbocycles. The van der Waals surface area contributed by atoms with Crippen molar-refractivity contribution in [2.24, 2.45) is 0 Å². The molecule has 11 heteroatoms. The maximum atomic E-state index is 13.9. The molecule has 0 radical (unpaired) electrons. The van der Waals surface area contributed by atoms with Crippen LogP contribution in [-0.4, -0.2) is 56.9 Å². The van der Waals surface area contributed by atoms with Crippen molar-refractivity contribution in [2.75, 3.05) is 35.5 Å². The third-order valence-corrected chi connectivity index (χ3v) is 9.22. The van der Waals surface area contributed by atoms with E-state index in [0.29, 0.717) is 41.8 Å². The highest BCUT2D eigenvalue weighted by atomic mass is 32.2. The van der Waals surface area contributed by atoms with Gasteiger partial charge in [0.05, 0.1) is 23.8 Å². The first-order valence-electron chi connectivity index (χ1n) is 13.4. The van der Waals surface area contributed by atoms with Gasteiger partial charge in [0, 0.05) is 35.8 Å². The molecule has 4 aromatic rings. The van der Waals surface area contributed by atoms with Crippen LogP contribution in [0.1, 0.15) is 16.7 Å². The highest BCUT2D eigenvalue weighted by Crippen LogP contribution is 2.38. The van der Waals surface area contributed by atoms with E-state index >= 15 is 0 Å². The summed E-state index contributed by atoms with van der Waals surface area (Å²) in [4.78, 5) is 25.6. The average molecular weight is 589 g/mol. The Hall–Kier alpha value is -4.77. The molecule has 2 aliphatic heterocycles. The normalized spacial score (nSPS) is 13.6. The Morgan fingerprint density at radius 1 is 0.738 bits per heavy atom. The van der Waals surface area contributed by atoms with E-state index in [1.807, 2.05) is 18.2 Å². The van der Waals surface area contributed by atoms with E-state index in [-0.39, 0.29) is 23.7 Å². The fourth-order valence-corrected chi connectivity index (χ4v) is 7.07. The van der Waals surface area contributed by atoms with Crippen molar-refractivity contribution >= 4 is 44.1 Å². The summed E-state index contributed by atoms with van der Waals surface area (Å²) in [6.45, 7) is 0.256. The Bertz CT molecular complexity index is 1820. The second-order valence-electron chi connectivity index (χ2n) is 10.2. The van der Waals surface area contributed by atoms with Gasteiger partial charge in [-0.25, -0.2) is 8.42 Å². The van der Waals surface area contributed by atoms with E-state index in [2.05, 4.69) is 0 Å². The van der Waals surface area contributed by atoms with Crippen LogP contribution in [0.4, 0.5) is 11.4 Å². The summed E-state index contributed by atoms with van der Waals surface area (Å²) in [7, 11) is -4.29. The second kappa shape index (κ2) is 10.9. The Morgan fingerprint density at radius 3 is 2.00 bits per heavy atom. The lowest BCUT2D eigenvalue weighted by Crippen LogP contribution is -2.36. The molecule has 0 saturated heterocycles. The minimum Gasteiger partial charge on any atom is -0.493 e. The number of hydrogen-bond donors (Lipinski definition) is 2. The van der Waals surface area contributed by atoms with E-state index in [9.17, 15) is 28.2 Å². The molecule has 0 saturated carbocycles. The minimum atomic E-state index is -4.29. The largest absolute Gasteiger partial charge is 0.493 e. The van der Waals surface area contributed by atoms with Crippen LogP contribution in [0.3, 0.4) is 0 Å². The molecular weight excluding hydrogens is 560 g/mol. The first-order chi connectivity index (χ1) is 20.2. The molecule has 0 aromatic heterocycles. The van der Waals surface area contributed by atoms with Crippen LogP contribution in [0.25, 0.3) is 10.8 Å². The van der Waals surface area contributed by atoms with E-state index in [1.165, 1.54) is 12.1 Å². The summed E-state index contributed by atoms with van der Waals surface area (Å²) < 4.78 is 39.9. The van der Waals surface area contributed by atoms with Gasteiger partial charge in [-0.3, -0.25) is 13.9 Å². The standard InChI is InChI=1S/C31H28N2O8S/c34-30(35)18-32(17-20-5-9-28-21(15-20)11-13-40-28)26-7-8-27(25-4-2-1-3-24(25)26)33(19-31(36)37)42(38,39)23-6-10-29-22(16-23)12-14-41-29/h1-10,15-16H,11-14,17-19H2,(H,34,35)(H,36,37). The van der Waals surface area contributed by atoms with E-state index in [0.717, 1.165) is 33.2 Å². The molecule has 2 aliphatic rings. The maximum absolute atomic E-state index is 13.9. The highest BCUT2D eigenvalue weighted by Gasteiger charge is 2.30. The van der Waals surface area contributed by atoms with Crippen LogP contribution in [0.2, 0.25) is 0 Å². The van der Waals surface area contributed by atoms with Crippen LogP contribution in [-0.2, 0) is 39.0 Å². The predicted octanol–water partition coefficient (Wildman–Crippen LogP) is 4.08. The molecule has 0 atom stereocenters. The summed E-state index contributed by atoms with van der Waals surface area (Å²) >= 11 is 0. The van der Waals surface area contributed by atoms with Gasteiger partial charge in [-0.2, -0.15) is 0 Å². The summed E-state index contributed by atoms with van der Waals surface area (Å²) in [6.07, 6.45) is 1.34. The fourth-order valence-electron chi connectivity index (χ4n) is 5.58. The minimum absolute atomic E-state index is 0.0331. The number of benzene rings is 4. The van der Waals surface area contributed by atoms with E-state index < -0.39 is 28.5 Å². The van der Waals surface area contributed by atoms with Gasteiger partial charge in [-0.1, -0.05) is 36.4 Å². The average Bonchev–Trinajstić information content (AvgIpc) is 3.63. The van der Waals surface area contributed by atoms with Crippen molar-refractivity contribution in [2.45, 2.75) is 24.3 Å². The summed E-state index contributed by atoms with van der Waals surface area (Å²) in [5.41, 5.74) is 3.48. The predicted molar refractivity (Wildman–Crippen MR) is 156 cm³/mol. The number of carbonyl (C=O) groups is 2. The van der Waals surface area contributed by atoms with Crippen LogP contribution >= 0.6 is 0 Å². The molecule has 2 heterocycles. The molecule has 42 heavy (non-hydrogen) atoms. The third kappa shape index (κ3) is 5.18. The van der Waals surface area contributed by atoms with Gasteiger partial charge < -0.3 is 24.6 Å². The fraction of sp³-hybridized carbons (Fsp3) is 0.226. The Labute approximate surface area is 242 Å². The number of nitrogens with zero attached hydrogens (tertiary/aromatic N) is 2. The maximum Gasteiger partial charge on any atom is 0.324 e. The smallest absolute Gasteiger partial charge is 0.324 e. The van der Waals surface area contributed by atoms with E-state index in [1.54, 1.807) is 47.4 Å². The van der Waals surface area contributed by atoms with Crippen molar-refractivity contribution in [1.29, 1.82) is 0 Å². The molecule has 2 N–H and O–H groups in total. The van der Waals surface area contributed by atoms with Crippen LogP contribution in [0.15, 0.2) is 77.7 Å². The lowest BCUT2D eigenvalue weighted by Gasteiger charge is -2.28. The molecule has 0 unspecified atom stereocenters. The monoisotopic (exact) mass is 588 g/mol.